The minimum atomic E-state index is -0.517. The number of benzene rings is 3. The van der Waals surface area contributed by atoms with Crippen LogP contribution in [-0.2, 0) is 0 Å². The molecule has 0 bridgehead atoms. The first-order chi connectivity index (χ1) is 12.5. The van der Waals surface area contributed by atoms with Crippen molar-refractivity contribution in [3.63, 3.8) is 0 Å². The summed E-state index contributed by atoms with van der Waals surface area (Å²) in [5.74, 6) is 0.474. The summed E-state index contributed by atoms with van der Waals surface area (Å²) in [4.78, 5) is 2.20. The van der Waals surface area contributed by atoms with E-state index < -0.39 is 5.60 Å². The molecule has 1 unspecified atom stereocenters. The molecule has 2 N–H and O–H groups in total. The Hall–Kier alpha value is -3.01. The van der Waals surface area contributed by atoms with Gasteiger partial charge in [0.2, 0.25) is 0 Å². The summed E-state index contributed by atoms with van der Waals surface area (Å²) in [5.41, 5.74) is 9.05. The summed E-state index contributed by atoms with van der Waals surface area (Å²) >= 11 is 0. The van der Waals surface area contributed by atoms with Gasteiger partial charge in [-0.3, -0.25) is 0 Å². The van der Waals surface area contributed by atoms with Crippen LogP contribution in [0.15, 0.2) is 72.8 Å². The largest absolute Gasteiger partial charge is 0.483 e. The predicted octanol–water partition coefficient (Wildman–Crippen LogP) is 5.46. The van der Waals surface area contributed by atoms with E-state index in [1.807, 2.05) is 36.4 Å². The standard InChI is InChI=1S/C22H21FN2O/c1-22(2)21(15-6-4-3-5-7-15)25(18-11-8-16(23)9-12-18)19-13-10-17(24)14-20(19)26-22/h3-14,21H,24H2,1-2H3. The normalized spacial score (nSPS) is 18.1. The lowest BCUT2D eigenvalue weighted by Crippen LogP contribution is -2.48. The van der Waals surface area contributed by atoms with Gasteiger partial charge in [0.1, 0.15) is 17.2 Å². The van der Waals surface area contributed by atoms with Gasteiger partial charge < -0.3 is 15.4 Å². The van der Waals surface area contributed by atoms with E-state index in [4.69, 9.17) is 10.5 Å². The van der Waals surface area contributed by atoms with Crippen LogP contribution in [-0.4, -0.2) is 5.60 Å². The molecule has 0 saturated heterocycles. The fourth-order valence-electron chi connectivity index (χ4n) is 3.68. The molecular weight excluding hydrogens is 327 g/mol. The van der Waals surface area contributed by atoms with Gasteiger partial charge in [0.15, 0.2) is 0 Å². The van der Waals surface area contributed by atoms with Gasteiger partial charge in [-0.1, -0.05) is 30.3 Å². The SMILES string of the molecule is CC1(C)Oc2cc(N)ccc2N(c2ccc(F)cc2)C1c1ccccc1. The van der Waals surface area contributed by atoms with Crippen molar-refractivity contribution < 1.29 is 9.13 Å². The average molecular weight is 348 g/mol. The molecule has 0 aromatic heterocycles. The number of rotatable bonds is 2. The highest BCUT2D eigenvalue weighted by atomic mass is 19.1. The van der Waals surface area contributed by atoms with Crippen molar-refractivity contribution in [2.75, 3.05) is 10.6 Å². The number of anilines is 3. The molecule has 3 aromatic rings. The molecule has 3 nitrogen and oxygen atoms in total. The number of hydrogen-bond acceptors (Lipinski definition) is 3. The Morgan fingerprint density at radius 3 is 2.35 bits per heavy atom. The Kier molecular flexibility index (Phi) is 3.83. The third-order valence-electron chi connectivity index (χ3n) is 4.75. The molecule has 0 fully saturated rings. The van der Waals surface area contributed by atoms with E-state index in [1.165, 1.54) is 12.1 Å². The smallest absolute Gasteiger partial charge is 0.145 e. The predicted molar refractivity (Wildman–Crippen MR) is 103 cm³/mol. The molecule has 0 amide bonds. The summed E-state index contributed by atoms with van der Waals surface area (Å²) < 4.78 is 19.9. The summed E-state index contributed by atoms with van der Waals surface area (Å²) in [5, 5.41) is 0. The number of nitrogens with zero attached hydrogens (tertiary/aromatic N) is 1. The zero-order valence-electron chi connectivity index (χ0n) is 14.8. The van der Waals surface area contributed by atoms with E-state index in [2.05, 4.69) is 30.9 Å². The van der Waals surface area contributed by atoms with E-state index in [0.717, 1.165) is 22.7 Å². The lowest BCUT2D eigenvalue weighted by atomic mass is 9.87. The molecule has 4 rings (SSSR count). The van der Waals surface area contributed by atoms with Gasteiger partial charge in [-0.25, -0.2) is 4.39 Å². The zero-order chi connectivity index (χ0) is 18.3. The third-order valence-corrected chi connectivity index (χ3v) is 4.75. The quantitative estimate of drug-likeness (QED) is 0.625. The van der Waals surface area contributed by atoms with Crippen LogP contribution in [0, 0.1) is 5.82 Å². The van der Waals surface area contributed by atoms with Gasteiger partial charge >= 0.3 is 0 Å². The van der Waals surface area contributed by atoms with Crippen molar-refractivity contribution in [1.29, 1.82) is 0 Å². The first kappa shape index (κ1) is 16.5. The second kappa shape index (κ2) is 6.06. The molecule has 0 aliphatic carbocycles. The summed E-state index contributed by atoms with van der Waals surface area (Å²) in [6.07, 6.45) is 0. The molecule has 1 atom stereocenters. The molecule has 3 aromatic carbocycles. The molecule has 1 aliphatic rings. The Bertz CT molecular complexity index is 923. The Labute approximate surface area is 152 Å². The van der Waals surface area contributed by atoms with Gasteiger partial charge in [-0.15, -0.1) is 0 Å². The zero-order valence-corrected chi connectivity index (χ0v) is 14.8. The molecule has 26 heavy (non-hydrogen) atoms. The van der Waals surface area contributed by atoms with E-state index in [1.54, 1.807) is 12.1 Å². The maximum Gasteiger partial charge on any atom is 0.145 e. The topological polar surface area (TPSA) is 38.5 Å². The van der Waals surface area contributed by atoms with E-state index in [0.29, 0.717) is 5.69 Å². The number of fused-ring (bicyclic) bond motifs is 1. The molecule has 1 heterocycles. The highest BCUT2D eigenvalue weighted by molar-refractivity contribution is 5.75. The van der Waals surface area contributed by atoms with Gasteiger partial charge in [-0.05, 0) is 55.8 Å². The van der Waals surface area contributed by atoms with E-state index in [9.17, 15) is 4.39 Å². The highest BCUT2D eigenvalue weighted by Gasteiger charge is 2.43. The van der Waals surface area contributed by atoms with E-state index >= 15 is 0 Å². The van der Waals surface area contributed by atoms with Crippen LogP contribution in [0.4, 0.5) is 21.5 Å². The molecule has 132 valence electrons. The molecular formula is C22H21FN2O. The van der Waals surface area contributed by atoms with Crippen LogP contribution in [0.5, 0.6) is 5.75 Å². The number of ether oxygens (including phenoxy) is 1. The highest BCUT2D eigenvalue weighted by Crippen LogP contribution is 2.51. The number of hydrogen-bond donors (Lipinski definition) is 1. The van der Waals surface area contributed by atoms with Crippen molar-refractivity contribution >= 4 is 17.1 Å². The Morgan fingerprint density at radius 1 is 0.962 bits per heavy atom. The van der Waals surface area contributed by atoms with Crippen LogP contribution in [0.2, 0.25) is 0 Å². The van der Waals surface area contributed by atoms with Crippen molar-refractivity contribution in [1.82, 2.24) is 0 Å². The van der Waals surface area contributed by atoms with Crippen LogP contribution < -0.4 is 15.4 Å². The van der Waals surface area contributed by atoms with Crippen molar-refractivity contribution in [3.05, 3.63) is 84.2 Å². The average Bonchev–Trinajstić information content (AvgIpc) is 2.61. The fraction of sp³-hybridized carbons (Fsp3) is 0.182. The molecule has 0 spiro atoms. The second-order valence-corrected chi connectivity index (χ2v) is 7.09. The number of nitrogens with two attached hydrogens (primary N) is 1. The minimum absolute atomic E-state index is 0.0784. The maximum atomic E-state index is 13.5. The summed E-state index contributed by atoms with van der Waals surface area (Å²) in [7, 11) is 0. The van der Waals surface area contributed by atoms with Gasteiger partial charge in [0.25, 0.3) is 0 Å². The Balaban J connectivity index is 1.95. The molecule has 0 radical (unpaired) electrons. The third kappa shape index (κ3) is 2.77. The second-order valence-electron chi connectivity index (χ2n) is 7.09. The van der Waals surface area contributed by atoms with Crippen LogP contribution in [0.3, 0.4) is 0 Å². The van der Waals surface area contributed by atoms with Crippen LogP contribution in [0.1, 0.15) is 25.5 Å². The fourth-order valence-corrected chi connectivity index (χ4v) is 3.68. The monoisotopic (exact) mass is 348 g/mol. The molecule has 0 saturated carbocycles. The van der Waals surface area contributed by atoms with Gasteiger partial charge in [0.05, 0.1) is 11.7 Å². The summed E-state index contributed by atoms with van der Waals surface area (Å²) in [6, 6.07) is 22.4. The first-order valence-corrected chi connectivity index (χ1v) is 8.64. The lowest BCUT2D eigenvalue weighted by Gasteiger charge is -2.48. The maximum absolute atomic E-state index is 13.5. The van der Waals surface area contributed by atoms with Crippen LogP contribution >= 0.6 is 0 Å². The van der Waals surface area contributed by atoms with Gasteiger partial charge in [-0.2, -0.15) is 0 Å². The van der Waals surface area contributed by atoms with Gasteiger partial charge in [0, 0.05) is 17.4 Å². The van der Waals surface area contributed by atoms with Crippen molar-refractivity contribution in [2.45, 2.75) is 25.5 Å². The molecule has 4 heteroatoms. The molecule has 1 aliphatic heterocycles. The first-order valence-electron chi connectivity index (χ1n) is 8.64. The lowest BCUT2D eigenvalue weighted by molar-refractivity contribution is 0.0682. The van der Waals surface area contributed by atoms with Crippen molar-refractivity contribution in [3.8, 4) is 5.75 Å². The minimum Gasteiger partial charge on any atom is -0.483 e. The number of halogens is 1. The number of nitrogen functional groups attached to an aromatic ring is 1. The Morgan fingerprint density at radius 2 is 1.65 bits per heavy atom. The van der Waals surface area contributed by atoms with E-state index in [-0.39, 0.29) is 11.9 Å². The van der Waals surface area contributed by atoms with Crippen molar-refractivity contribution in [2.24, 2.45) is 0 Å². The summed E-state index contributed by atoms with van der Waals surface area (Å²) in [6.45, 7) is 4.13. The van der Waals surface area contributed by atoms with Crippen LogP contribution in [0.25, 0.3) is 0 Å².